The lowest BCUT2D eigenvalue weighted by Gasteiger charge is -2.25. The maximum atomic E-state index is 12.6. The summed E-state index contributed by atoms with van der Waals surface area (Å²) in [6, 6.07) is 3.59. The molecule has 1 fully saturated rings. The number of halogens is 1. The highest BCUT2D eigenvalue weighted by molar-refractivity contribution is 7.58. The summed E-state index contributed by atoms with van der Waals surface area (Å²) in [6.07, 6.45) is 4.93. The fourth-order valence-corrected chi connectivity index (χ4v) is 6.13. The zero-order valence-electron chi connectivity index (χ0n) is 18.4. The SMILES string of the molecule is COc1cc(C(C)NC[C@@H](O)CP(=O)(O)CC2CCCCC2)cc(OC)c1OC.Cl. The van der Waals surface area contributed by atoms with Gasteiger partial charge in [0.15, 0.2) is 11.5 Å². The molecule has 0 aliphatic heterocycles. The van der Waals surface area contributed by atoms with Gasteiger partial charge in [0.05, 0.1) is 33.6 Å². The highest BCUT2D eigenvalue weighted by Gasteiger charge is 2.28. The minimum atomic E-state index is -3.33. The van der Waals surface area contributed by atoms with Crippen LogP contribution in [0, 0.1) is 5.92 Å². The van der Waals surface area contributed by atoms with E-state index in [1.807, 2.05) is 19.1 Å². The molecule has 0 saturated heterocycles. The predicted molar refractivity (Wildman–Crippen MR) is 122 cm³/mol. The average molecular weight is 466 g/mol. The van der Waals surface area contributed by atoms with E-state index in [9.17, 15) is 14.6 Å². The van der Waals surface area contributed by atoms with Gasteiger partial charge in [-0.05, 0) is 43.4 Å². The van der Waals surface area contributed by atoms with E-state index >= 15 is 0 Å². The third-order valence-corrected chi connectivity index (χ3v) is 7.69. The van der Waals surface area contributed by atoms with Gasteiger partial charge in [-0.2, -0.15) is 0 Å². The lowest BCUT2D eigenvalue weighted by atomic mass is 9.91. The molecule has 1 aromatic rings. The van der Waals surface area contributed by atoms with Crippen molar-refractivity contribution in [2.45, 2.75) is 51.2 Å². The minimum Gasteiger partial charge on any atom is -0.493 e. The number of benzene rings is 1. The first-order valence-corrected chi connectivity index (χ1v) is 12.3. The fourth-order valence-electron chi connectivity index (χ4n) is 4.02. The second-order valence-corrected chi connectivity index (χ2v) is 10.4. The lowest BCUT2D eigenvalue weighted by molar-refractivity contribution is 0.186. The van der Waals surface area contributed by atoms with Gasteiger partial charge in [-0.3, -0.25) is 4.57 Å². The summed E-state index contributed by atoms with van der Waals surface area (Å²) in [4.78, 5) is 10.3. The van der Waals surface area contributed by atoms with E-state index < -0.39 is 13.5 Å². The quantitative estimate of drug-likeness (QED) is 0.425. The Bertz CT molecular complexity index is 673. The standard InChI is InChI=1S/C21H36NO6P.ClH/c1-15(17-10-19(26-2)21(28-4)20(11-17)27-3)22-12-18(23)14-29(24,25)13-16-8-6-5-7-9-16;/h10-11,15-16,18,22-23H,5-9,12-14H2,1-4H3,(H,24,25);1H/t15?,18-;/m1./s1. The minimum absolute atomic E-state index is 0. The molecule has 2 unspecified atom stereocenters. The van der Waals surface area contributed by atoms with E-state index in [2.05, 4.69) is 5.32 Å². The van der Waals surface area contributed by atoms with E-state index in [4.69, 9.17) is 14.2 Å². The van der Waals surface area contributed by atoms with Gasteiger partial charge in [0, 0.05) is 18.7 Å². The summed E-state index contributed by atoms with van der Waals surface area (Å²) < 4.78 is 28.7. The Kier molecular flexibility index (Phi) is 11.5. The molecule has 0 bridgehead atoms. The highest BCUT2D eigenvalue weighted by Crippen LogP contribution is 2.46. The predicted octanol–water partition coefficient (Wildman–Crippen LogP) is 4.00. The molecule has 7 nitrogen and oxygen atoms in total. The molecule has 0 heterocycles. The van der Waals surface area contributed by atoms with Crippen LogP contribution in [0.2, 0.25) is 0 Å². The van der Waals surface area contributed by atoms with E-state index in [0.717, 1.165) is 31.2 Å². The summed E-state index contributed by atoms with van der Waals surface area (Å²) in [5.74, 6) is 1.96. The van der Waals surface area contributed by atoms with E-state index in [0.29, 0.717) is 29.3 Å². The van der Waals surface area contributed by atoms with Gasteiger partial charge in [0.2, 0.25) is 13.1 Å². The first-order chi connectivity index (χ1) is 13.8. The van der Waals surface area contributed by atoms with Crippen LogP contribution in [-0.4, -0.2) is 56.3 Å². The molecule has 1 aliphatic carbocycles. The third kappa shape index (κ3) is 7.93. The zero-order valence-corrected chi connectivity index (χ0v) is 20.1. The molecular weight excluding hydrogens is 429 g/mol. The molecule has 0 aromatic heterocycles. The van der Waals surface area contributed by atoms with Gasteiger partial charge in [-0.25, -0.2) is 0 Å². The van der Waals surface area contributed by atoms with E-state index in [1.54, 1.807) is 21.3 Å². The molecule has 2 rings (SSSR count). The molecule has 1 aliphatic rings. The number of rotatable bonds is 11. The number of aliphatic hydroxyl groups excluding tert-OH is 1. The lowest BCUT2D eigenvalue weighted by Crippen LogP contribution is -2.32. The second-order valence-electron chi connectivity index (χ2n) is 7.96. The van der Waals surface area contributed by atoms with Crippen LogP contribution in [0.25, 0.3) is 0 Å². The molecule has 9 heteroatoms. The normalized spacial score (nSPS) is 18.6. The maximum absolute atomic E-state index is 12.6. The molecule has 0 amide bonds. The monoisotopic (exact) mass is 465 g/mol. The van der Waals surface area contributed by atoms with Gasteiger partial charge in [-0.1, -0.05) is 19.3 Å². The largest absolute Gasteiger partial charge is 0.493 e. The van der Waals surface area contributed by atoms with Crippen LogP contribution in [-0.2, 0) is 4.57 Å². The van der Waals surface area contributed by atoms with Crippen molar-refractivity contribution in [2.24, 2.45) is 5.92 Å². The van der Waals surface area contributed by atoms with Crippen molar-refractivity contribution in [3.63, 3.8) is 0 Å². The van der Waals surface area contributed by atoms with Crippen LogP contribution >= 0.6 is 19.8 Å². The van der Waals surface area contributed by atoms with Crippen molar-refractivity contribution in [2.75, 3.05) is 40.2 Å². The number of ether oxygens (including phenoxy) is 3. The maximum Gasteiger partial charge on any atom is 0.203 e. The highest BCUT2D eigenvalue weighted by atomic mass is 35.5. The fraction of sp³-hybridized carbons (Fsp3) is 0.714. The number of hydrogen-bond donors (Lipinski definition) is 3. The van der Waals surface area contributed by atoms with E-state index in [1.165, 1.54) is 6.42 Å². The summed E-state index contributed by atoms with van der Waals surface area (Å²) in [5.41, 5.74) is 0.904. The molecule has 174 valence electrons. The number of methoxy groups -OCH3 is 3. The smallest absolute Gasteiger partial charge is 0.203 e. The molecule has 1 aromatic carbocycles. The Morgan fingerprint density at radius 3 is 2.17 bits per heavy atom. The van der Waals surface area contributed by atoms with Crippen LogP contribution in [0.5, 0.6) is 17.2 Å². The van der Waals surface area contributed by atoms with Crippen LogP contribution in [0.15, 0.2) is 12.1 Å². The summed E-state index contributed by atoms with van der Waals surface area (Å²) in [6.45, 7) is 2.18. The summed E-state index contributed by atoms with van der Waals surface area (Å²) >= 11 is 0. The molecule has 3 N–H and O–H groups in total. The Morgan fingerprint density at radius 1 is 1.10 bits per heavy atom. The molecular formula is C21H37ClNO6P. The van der Waals surface area contributed by atoms with Gasteiger partial charge in [-0.15, -0.1) is 12.4 Å². The van der Waals surface area contributed by atoms with Crippen LogP contribution in [0.1, 0.15) is 50.6 Å². The first kappa shape index (κ1) is 27.1. The molecule has 3 atom stereocenters. The van der Waals surface area contributed by atoms with Crippen molar-refractivity contribution in [3.05, 3.63) is 17.7 Å². The Hall–Kier alpha value is -0.980. The molecule has 0 spiro atoms. The van der Waals surface area contributed by atoms with E-state index in [-0.39, 0.29) is 31.2 Å². The van der Waals surface area contributed by atoms with Crippen LogP contribution in [0.4, 0.5) is 0 Å². The topological polar surface area (TPSA) is 97.2 Å². The van der Waals surface area contributed by atoms with Crippen molar-refractivity contribution in [1.29, 1.82) is 0 Å². The molecule has 30 heavy (non-hydrogen) atoms. The Labute approximate surface area is 186 Å². The van der Waals surface area contributed by atoms with Gasteiger partial charge >= 0.3 is 0 Å². The Balaban J connectivity index is 0.00000450. The van der Waals surface area contributed by atoms with Crippen LogP contribution < -0.4 is 19.5 Å². The zero-order chi connectivity index (χ0) is 21.4. The van der Waals surface area contributed by atoms with Crippen molar-refractivity contribution < 1.29 is 28.8 Å². The van der Waals surface area contributed by atoms with Gasteiger partial charge < -0.3 is 29.5 Å². The number of aliphatic hydroxyl groups is 1. The van der Waals surface area contributed by atoms with Crippen molar-refractivity contribution >= 4 is 19.8 Å². The molecule has 0 radical (unpaired) electrons. The third-order valence-electron chi connectivity index (χ3n) is 5.61. The summed E-state index contributed by atoms with van der Waals surface area (Å²) in [7, 11) is 1.35. The molecule has 1 saturated carbocycles. The van der Waals surface area contributed by atoms with Crippen molar-refractivity contribution in [1.82, 2.24) is 5.32 Å². The first-order valence-electron chi connectivity index (χ1n) is 10.3. The summed E-state index contributed by atoms with van der Waals surface area (Å²) in [5, 5.41) is 13.6. The number of hydrogen-bond acceptors (Lipinski definition) is 6. The second kappa shape index (κ2) is 12.8. The van der Waals surface area contributed by atoms with Crippen molar-refractivity contribution in [3.8, 4) is 17.2 Å². The van der Waals surface area contributed by atoms with Gasteiger partial charge in [0.1, 0.15) is 0 Å². The van der Waals surface area contributed by atoms with Crippen LogP contribution in [0.3, 0.4) is 0 Å². The Morgan fingerprint density at radius 2 is 1.67 bits per heavy atom. The van der Waals surface area contributed by atoms with Gasteiger partial charge in [0.25, 0.3) is 0 Å². The average Bonchev–Trinajstić information content (AvgIpc) is 2.70. The number of nitrogens with one attached hydrogen (secondary N) is 1.